The second-order valence-corrected chi connectivity index (χ2v) is 15.0. The fourth-order valence-corrected chi connectivity index (χ4v) is 5.62. The summed E-state index contributed by atoms with van der Waals surface area (Å²) in [4.78, 5) is 0. The van der Waals surface area contributed by atoms with E-state index < -0.39 is 26.8 Å². The van der Waals surface area contributed by atoms with Crippen LogP contribution in [-0.2, 0) is 47.9 Å². The van der Waals surface area contributed by atoms with E-state index in [2.05, 4.69) is 43.9 Å². The summed E-state index contributed by atoms with van der Waals surface area (Å²) in [5, 5.41) is 0. The number of benzene rings is 3. The summed E-state index contributed by atoms with van der Waals surface area (Å²) in [6.07, 6.45) is -2.31. The summed E-state index contributed by atoms with van der Waals surface area (Å²) in [5.41, 5.74) is 3.26. The third-order valence-corrected chi connectivity index (χ3v) is 7.26. The van der Waals surface area contributed by atoms with Crippen molar-refractivity contribution >= 4 is 8.32 Å². The van der Waals surface area contributed by atoms with Crippen molar-refractivity contribution in [1.29, 1.82) is 0 Å². The second-order valence-electron chi connectivity index (χ2n) is 10.5. The lowest BCUT2D eigenvalue weighted by molar-refractivity contribution is -0.313. The molecule has 1 saturated heterocycles. The highest BCUT2D eigenvalue weighted by Gasteiger charge is 2.49. The maximum absolute atomic E-state index is 6.74. The highest BCUT2D eigenvalue weighted by Crippen LogP contribution is 2.32. The molecule has 0 radical (unpaired) electrons. The summed E-state index contributed by atoms with van der Waals surface area (Å²) in [6, 6.07) is 30.4. The van der Waals surface area contributed by atoms with E-state index in [1.165, 1.54) is 0 Å². The summed E-state index contributed by atoms with van der Waals surface area (Å²) in [6.45, 7) is 8.19. The lowest BCUT2D eigenvalue weighted by Gasteiger charge is -2.47. The van der Waals surface area contributed by atoms with Crippen LogP contribution in [0, 0.1) is 0 Å². The predicted octanol–water partition coefficient (Wildman–Crippen LogP) is 5.97. The molecule has 3 aromatic carbocycles. The van der Waals surface area contributed by atoms with Crippen LogP contribution in [0.5, 0.6) is 0 Å². The molecule has 1 heterocycles. The first-order chi connectivity index (χ1) is 18.4. The smallest absolute Gasteiger partial charge is 0.186 e. The van der Waals surface area contributed by atoms with Gasteiger partial charge in [0.05, 0.1) is 26.4 Å². The van der Waals surface area contributed by atoms with Crippen molar-refractivity contribution in [1.82, 2.24) is 0 Å². The molecule has 1 aliphatic rings. The van der Waals surface area contributed by atoms with Crippen molar-refractivity contribution in [3.05, 3.63) is 108 Å². The number of ether oxygens (including phenoxy) is 5. The Morgan fingerprint density at radius 3 is 1.58 bits per heavy atom. The van der Waals surface area contributed by atoms with Gasteiger partial charge in [0.1, 0.15) is 24.4 Å². The highest BCUT2D eigenvalue weighted by atomic mass is 28.4. The molecule has 7 heteroatoms. The van der Waals surface area contributed by atoms with Crippen molar-refractivity contribution in [3.63, 3.8) is 0 Å². The Morgan fingerprint density at radius 1 is 0.632 bits per heavy atom. The van der Waals surface area contributed by atoms with Crippen LogP contribution in [0.2, 0.25) is 19.6 Å². The molecule has 0 spiro atoms. The molecule has 1 fully saturated rings. The van der Waals surface area contributed by atoms with Gasteiger partial charge >= 0.3 is 0 Å². The van der Waals surface area contributed by atoms with E-state index in [0.29, 0.717) is 26.4 Å². The lowest BCUT2D eigenvalue weighted by Crippen LogP contribution is -2.63. The first-order valence-corrected chi connectivity index (χ1v) is 16.6. The maximum atomic E-state index is 6.74. The SMILES string of the molecule is CO[C@H]1O[C@H](COCc2ccccc2)[C@@H](O[Si](C)(C)C)[C@H](OCc2ccccc2)[C@H]1OCc1ccccc1. The minimum absolute atomic E-state index is 0.348. The molecule has 0 N–H and O–H groups in total. The number of methoxy groups -OCH3 is 1. The second kappa shape index (κ2) is 14.1. The van der Waals surface area contributed by atoms with Crippen molar-refractivity contribution < 1.29 is 28.1 Å². The molecule has 38 heavy (non-hydrogen) atoms. The van der Waals surface area contributed by atoms with E-state index in [4.69, 9.17) is 28.1 Å². The molecule has 0 saturated carbocycles. The Balaban J connectivity index is 1.56. The zero-order valence-corrected chi connectivity index (χ0v) is 23.8. The van der Waals surface area contributed by atoms with Gasteiger partial charge in [-0.25, -0.2) is 0 Å². The third-order valence-electron chi connectivity index (χ3n) is 6.28. The summed E-state index contributed by atoms with van der Waals surface area (Å²) < 4.78 is 38.2. The largest absolute Gasteiger partial charge is 0.409 e. The molecule has 6 nitrogen and oxygen atoms in total. The number of hydrogen-bond acceptors (Lipinski definition) is 6. The number of hydrogen-bond donors (Lipinski definition) is 0. The molecule has 4 rings (SSSR count). The van der Waals surface area contributed by atoms with Crippen molar-refractivity contribution in [2.45, 2.75) is 70.2 Å². The normalized spacial score (nSPS) is 23.8. The molecule has 0 unspecified atom stereocenters. The average Bonchev–Trinajstić information content (AvgIpc) is 2.93. The van der Waals surface area contributed by atoms with Crippen LogP contribution in [0.4, 0.5) is 0 Å². The van der Waals surface area contributed by atoms with Crippen LogP contribution in [0.25, 0.3) is 0 Å². The molecule has 0 bridgehead atoms. The Labute approximate surface area is 227 Å². The van der Waals surface area contributed by atoms with Crippen molar-refractivity contribution in [2.75, 3.05) is 13.7 Å². The van der Waals surface area contributed by atoms with E-state index in [1.54, 1.807) is 7.11 Å². The van der Waals surface area contributed by atoms with Gasteiger partial charge in [-0.2, -0.15) is 0 Å². The van der Waals surface area contributed by atoms with E-state index in [0.717, 1.165) is 16.7 Å². The first-order valence-electron chi connectivity index (χ1n) is 13.2. The standard InChI is InChI=1S/C31H40O6Si/c1-32-31-30(35-22-26-18-12-7-13-19-26)29(34-21-25-16-10-6-11-17-25)28(37-38(2,3)4)27(36-31)23-33-20-24-14-8-5-9-15-24/h5-19,27-31H,20-23H2,1-4H3/t27-,28-,29+,30-,31+/m1/s1. The number of rotatable bonds is 13. The quantitative estimate of drug-likeness (QED) is 0.251. The Kier molecular flexibility index (Phi) is 10.7. The van der Waals surface area contributed by atoms with Gasteiger partial charge in [0, 0.05) is 7.11 Å². The van der Waals surface area contributed by atoms with E-state index in [-0.39, 0.29) is 12.2 Å². The van der Waals surface area contributed by atoms with Crippen LogP contribution in [-0.4, -0.2) is 52.7 Å². The molecule has 204 valence electrons. The third kappa shape index (κ3) is 8.58. The minimum atomic E-state index is -2.00. The Morgan fingerprint density at radius 2 is 1.11 bits per heavy atom. The van der Waals surface area contributed by atoms with Gasteiger partial charge in [-0.05, 0) is 36.3 Å². The molecular formula is C31H40O6Si. The van der Waals surface area contributed by atoms with Gasteiger partial charge in [0.25, 0.3) is 0 Å². The maximum Gasteiger partial charge on any atom is 0.186 e. The fraction of sp³-hybridized carbons (Fsp3) is 0.419. The van der Waals surface area contributed by atoms with Crippen LogP contribution in [0.1, 0.15) is 16.7 Å². The van der Waals surface area contributed by atoms with E-state index >= 15 is 0 Å². The van der Waals surface area contributed by atoms with Crippen molar-refractivity contribution in [2.24, 2.45) is 0 Å². The zero-order valence-electron chi connectivity index (χ0n) is 22.8. The van der Waals surface area contributed by atoms with Gasteiger partial charge in [0.2, 0.25) is 0 Å². The molecule has 3 aromatic rings. The van der Waals surface area contributed by atoms with Gasteiger partial charge in [-0.1, -0.05) is 91.0 Å². The van der Waals surface area contributed by atoms with Gasteiger partial charge in [0.15, 0.2) is 14.6 Å². The molecule has 0 aromatic heterocycles. The van der Waals surface area contributed by atoms with E-state index in [1.807, 2.05) is 66.7 Å². The van der Waals surface area contributed by atoms with Crippen LogP contribution >= 0.6 is 0 Å². The molecule has 1 aliphatic heterocycles. The Hall–Kier alpha value is -2.36. The molecule has 5 atom stereocenters. The summed E-state index contributed by atoms with van der Waals surface area (Å²) in [7, 11) is -0.362. The van der Waals surface area contributed by atoms with Crippen molar-refractivity contribution in [3.8, 4) is 0 Å². The van der Waals surface area contributed by atoms with Crippen LogP contribution in [0.15, 0.2) is 91.0 Å². The first kappa shape index (κ1) is 28.6. The van der Waals surface area contributed by atoms with Gasteiger partial charge in [-0.15, -0.1) is 0 Å². The van der Waals surface area contributed by atoms with Gasteiger partial charge in [-0.3, -0.25) is 0 Å². The predicted molar refractivity (Wildman–Crippen MR) is 150 cm³/mol. The molecule has 0 amide bonds. The zero-order chi connectivity index (χ0) is 26.8. The minimum Gasteiger partial charge on any atom is -0.409 e. The van der Waals surface area contributed by atoms with Gasteiger partial charge < -0.3 is 28.1 Å². The lowest BCUT2D eigenvalue weighted by atomic mass is 9.98. The van der Waals surface area contributed by atoms with Crippen LogP contribution in [0.3, 0.4) is 0 Å². The summed E-state index contributed by atoms with van der Waals surface area (Å²) in [5.74, 6) is 0. The molecular weight excluding hydrogens is 496 g/mol. The fourth-order valence-electron chi connectivity index (χ4n) is 4.52. The molecule has 0 aliphatic carbocycles. The highest BCUT2D eigenvalue weighted by molar-refractivity contribution is 6.69. The topological polar surface area (TPSA) is 55.4 Å². The monoisotopic (exact) mass is 536 g/mol. The summed E-state index contributed by atoms with van der Waals surface area (Å²) >= 11 is 0. The van der Waals surface area contributed by atoms with E-state index in [9.17, 15) is 0 Å². The Bertz CT molecular complexity index is 1060. The average molecular weight is 537 g/mol. The van der Waals surface area contributed by atoms with Crippen LogP contribution < -0.4 is 0 Å².